The van der Waals surface area contributed by atoms with Crippen LogP contribution in [0.4, 0.5) is 16.2 Å². The maximum Gasteiger partial charge on any atom is 0.335 e. The van der Waals surface area contributed by atoms with Crippen molar-refractivity contribution in [3.05, 3.63) is 92.9 Å². The average Bonchev–Trinajstić information content (AvgIpc) is 2.84. The Bertz CT molecular complexity index is 1410. The molecule has 0 aromatic heterocycles. The molecule has 2 N–H and O–H groups in total. The molecule has 0 atom stereocenters. The van der Waals surface area contributed by atoms with Gasteiger partial charge in [-0.15, -0.1) is 0 Å². The van der Waals surface area contributed by atoms with Gasteiger partial charge in [-0.05, 0) is 54.6 Å². The number of halogens is 3. The number of barbiturate groups is 1. The van der Waals surface area contributed by atoms with Gasteiger partial charge in [-0.1, -0.05) is 53.0 Å². The summed E-state index contributed by atoms with van der Waals surface area (Å²) >= 11 is 18.1. The monoisotopic (exact) mass is 543 g/mol. The number of para-hydroxylation sites is 1. The molecular formula is C25H16Cl3N3O5. The Morgan fingerprint density at radius 2 is 1.69 bits per heavy atom. The predicted molar refractivity (Wildman–Crippen MR) is 137 cm³/mol. The molecule has 0 saturated carbocycles. The van der Waals surface area contributed by atoms with Crippen LogP contribution >= 0.6 is 34.8 Å². The van der Waals surface area contributed by atoms with Crippen LogP contribution < -0.4 is 20.3 Å². The standard InChI is InChI=1S/C25H16Cl3N3O5/c26-15-6-9-21(36-13-22(32)29-16-4-2-1-3-5-16)14(10-15)11-18-23(33)30-25(35)31(24(18)34)17-7-8-19(27)20(28)12-17/h1-12H,13H2,(H,29,32)(H,30,33,35)/b18-11+. The van der Waals surface area contributed by atoms with E-state index in [1.165, 1.54) is 42.5 Å². The van der Waals surface area contributed by atoms with Gasteiger partial charge in [0, 0.05) is 16.3 Å². The minimum Gasteiger partial charge on any atom is -0.483 e. The number of rotatable bonds is 6. The van der Waals surface area contributed by atoms with Crippen LogP contribution in [0.2, 0.25) is 15.1 Å². The highest BCUT2D eigenvalue weighted by Crippen LogP contribution is 2.31. The molecule has 1 aliphatic rings. The number of nitrogens with one attached hydrogen (secondary N) is 2. The first kappa shape index (κ1) is 25.2. The predicted octanol–water partition coefficient (Wildman–Crippen LogP) is 5.33. The smallest absolute Gasteiger partial charge is 0.335 e. The van der Waals surface area contributed by atoms with Gasteiger partial charge in [-0.3, -0.25) is 19.7 Å². The molecule has 4 rings (SSSR count). The summed E-state index contributed by atoms with van der Waals surface area (Å²) in [5, 5.41) is 5.45. The fourth-order valence-corrected chi connectivity index (χ4v) is 3.77. The summed E-state index contributed by atoms with van der Waals surface area (Å²) in [4.78, 5) is 51.2. The maximum absolute atomic E-state index is 13.2. The number of imide groups is 2. The second-order valence-corrected chi connectivity index (χ2v) is 8.69. The summed E-state index contributed by atoms with van der Waals surface area (Å²) in [6, 6.07) is 16.5. The van der Waals surface area contributed by atoms with E-state index in [9.17, 15) is 19.2 Å². The summed E-state index contributed by atoms with van der Waals surface area (Å²) in [7, 11) is 0. The molecule has 182 valence electrons. The Balaban J connectivity index is 1.60. The summed E-state index contributed by atoms with van der Waals surface area (Å²) in [5.74, 6) is -2.03. The van der Waals surface area contributed by atoms with Crippen LogP contribution in [0.1, 0.15) is 5.56 Å². The topological polar surface area (TPSA) is 105 Å². The first-order chi connectivity index (χ1) is 17.2. The number of urea groups is 1. The van der Waals surface area contributed by atoms with Gasteiger partial charge in [0.15, 0.2) is 6.61 Å². The number of hydrogen-bond acceptors (Lipinski definition) is 5. The summed E-state index contributed by atoms with van der Waals surface area (Å²) in [6.45, 7) is -0.347. The van der Waals surface area contributed by atoms with Gasteiger partial charge in [0.05, 0.1) is 15.7 Å². The zero-order valence-corrected chi connectivity index (χ0v) is 20.5. The first-order valence-corrected chi connectivity index (χ1v) is 11.5. The number of benzene rings is 3. The summed E-state index contributed by atoms with van der Waals surface area (Å²) in [6.07, 6.45) is 1.23. The molecule has 8 nitrogen and oxygen atoms in total. The largest absolute Gasteiger partial charge is 0.483 e. The molecule has 36 heavy (non-hydrogen) atoms. The van der Waals surface area contributed by atoms with Crippen molar-refractivity contribution in [3.8, 4) is 5.75 Å². The molecule has 0 unspecified atom stereocenters. The Labute approximate surface area is 220 Å². The molecule has 3 aromatic carbocycles. The van der Waals surface area contributed by atoms with E-state index in [0.717, 1.165) is 4.90 Å². The van der Waals surface area contributed by atoms with Crippen molar-refractivity contribution in [1.29, 1.82) is 0 Å². The van der Waals surface area contributed by atoms with E-state index < -0.39 is 23.8 Å². The Hall–Kier alpha value is -3.85. The van der Waals surface area contributed by atoms with Crippen LogP contribution in [0, 0.1) is 0 Å². The Kier molecular flexibility index (Phi) is 7.59. The van der Waals surface area contributed by atoms with E-state index in [4.69, 9.17) is 39.5 Å². The average molecular weight is 545 g/mol. The van der Waals surface area contributed by atoms with Crippen molar-refractivity contribution in [2.75, 3.05) is 16.8 Å². The van der Waals surface area contributed by atoms with E-state index in [1.54, 1.807) is 24.3 Å². The van der Waals surface area contributed by atoms with Gasteiger partial charge in [-0.2, -0.15) is 0 Å². The number of anilines is 2. The minimum absolute atomic E-state index is 0.116. The van der Waals surface area contributed by atoms with E-state index >= 15 is 0 Å². The molecule has 1 aliphatic heterocycles. The number of amides is 5. The molecule has 5 amide bonds. The highest BCUT2D eigenvalue weighted by Gasteiger charge is 2.37. The van der Waals surface area contributed by atoms with Crippen molar-refractivity contribution < 1.29 is 23.9 Å². The zero-order chi connectivity index (χ0) is 25.8. The third kappa shape index (κ3) is 5.68. The lowest BCUT2D eigenvalue weighted by Crippen LogP contribution is -2.54. The van der Waals surface area contributed by atoms with E-state index in [-0.39, 0.29) is 39.2 Å². The molecule has 1 saturated heterocycles. The lowest BCUT2D eigenvalue weighted by molar-refractivity contribution is -0.122. The highest BCUT2D eigenvalue weighted by atomic mass is 35.5. The van der Waals surface area contributed by atoms with Gasteiger partial charge >= 0.3 is 6.03 Å². The molecule has 0 radical (unpaired) electrons. The molecule has 0 aliphatic carbocycles. The molecule has 1 heterocycles. The molecule has 3 aromatic rings. The quantitative estimate of drug-likeness (QED) is 0.322. The number of ether oxygens (including phenoxy) is 1. The fraction of sp³-hybridized carbons (Fsp3) is 0.0400. The van der Waals surface area contributed by atoms with Crippen LogP contribution in [0.15, 0.2) is 72.3 Å². The van der Waals surface area contributed by atoms with Crippen molar-refractivity contribution in [3.63, 3.8) is 0 Å². The lowest BCUT2D eigenvalue weighted by atomic mass is 10.1. The summed E-state index contributed by atoms with van der Waals surface area (Å²) < 4.78 is 5.63. The zero-order valence-electron chi connectivity index (χ0n) is 18.3. The number of carbonyl (C=O) groups is 4. The summed E-state index contributed by atoms with van der Waals surface area (Å²) in [5.41, 5.74) is 0.602. The van der Waals surface area contributed by atoms with Crippen LogP contribution in [0.3, 0.4) is 0 Å². The Morgan fingerprint density at radius 3 is 2.42 bits per heavy atom. The number of nitrogens with zero attached hydrogens (tertiary/aromatic N) is 1. The second kappa shape index (κ2) is 10.8. The van der Waals surface area contributed by atoms with E-state index in [2.05, 4.69) is 10.6 Å². The van der Waals surface area contributed by atoms with Crippen LogP contribution in [0.5, 0.6) is 5.75 Å². The molecule has 11 heteroatoms. The van der Waals surface area contributed by atoms with Crippen molar-refractivity contribution >= 4 is 76.0 Å². The van der Waals surface area contributed by atoms with Crippen molar-refractivity contribution in [2.45, 2.75) is 0 Å². The highest BCUT2D eigenvalue weighted by molar-refractivity contribution is 6.43. The van der Waals surface area contributed by atoms with Gasteiger partial charge < -0.3 is 10.1 Å². The number of hydrogen-bond donors (Lipinski definition) is 2. The van der Waals surface area contributed by atoms with Gasteiger partial charge in [0.2, 0.25) is 0 Å². The van der Waals surface area contributed by atoms with Crippen molar-refractivity contribution in [1.82, 2.24) is 5.32 Å². The lowest BCUT2D eigenvalue weighted by Gasteiger charge is -2.26. The molecule has 1 fully saturated rings. The van der Waals surface area contributed by atoms with Gasteiger partial charge in [0.1, 0.15) is 11.3 Å². The molecule has 0 bridgehead atoms. The van der Waals surface area contributed by atoms with E-state index in [0.29, 0.717) is 10.7 Å². The van der Waals surface area contributed by atoms with Gasteiger partial charge in [0.25, 0.3) is 17.7 Å². The van der Waals surface area contributed by atoms with Gasteiger partial charge in [-0.25, -0.2) is 9.69 Å². The van der Waals surface area contributed by atoms with Crippen LogP contribution in [0.25, 0.3) is 6.08 Å². The fourth-order valence-electron chi connectivity index (χ4n) is 3.30. The SMILES string of the molecule is O=C(COc1ccc(Cl)cc1/C=C1\C(=O)NC(=O)N(c2ccc(Cl)c(Cl)c2)C1=O)Nc1ccccc1. The Morgan fingerprint density at radius 1 is 0.944 bits per heavy atom. The third-order valence-electron chi connectivity index (χ3n) is 4.95. The number of carbonyl (C=O) groups excluding carboxylic acids is 4. The second-order valence-electron chi connectivity index (χ2n) is 7.44. The molecular weight excluding hydrogens is 529 g/mol. The van der Waals surface area contributed by atoms with Crippen LogP contribution in [-0.2, 0) is 14.4 Å². The van der Waals surface area contributed by atoms with Crippen molar-refractivity contribution in [2.24, 2.45) is 0 Å². The maximum atomic E-state index is 13.2. The third-order valence-corrected chi connectivity index (χ3v) is 5.93. The normalized spacial score (nSPS) is 14.6. The first-order valence-electron chi connectivity index (χ1n) is 10.4. The molecule has 0 spiro atoms. The minimum atomic E-state index is -0.944. The van der Waals surface area contributed by atoms with E-state index in [1.807, 2.05) is 6.07 Å². The van der Waals surface area contributed by atoms with Crippen LogP contribution in [-0.4, -0.2) is 30.4 Å².